The number of rotatable bonds is 10. The van der Waals surface area contributed by atoms with Crippen LogP contribution in [0.3, 0.4) is 0 Å². The van der Waals surface area contributed by atoms with Crippen molar-refractivity contribution in [2.45, 2.75) is 71.8 Å². The van der Waals surface area contributed by atoms with E-state index >= 15 is 0 Å². The van der Waals surface area contributed by atoms with Gasteiger partial charge in [-0.25, -0.2) is 0 Å². The van der Waals surface area contributed by atoms with Gasteiger partial charge in [0, 0.05) is 12.0 Å². The van der Waals surface area contributed by atoms with E-state index in [2.05, 4.69) is 38.1 Å². The first-order valence-corrected chi connectivity index (χ1v) is 10.4. The van der Waals surface area contributed by atoms with Crippen LogP contribution < -0.4 is 0 Å². The van der Waals surface area contributed by atoms with Gasteiger partial charge in [0.15, 0.2) is 6.10 Å². The van der Waals surface area contributed by atoms with Crippen LogP contribution in [-0.4, -0.2) is 17.9 Å². The number of hydrogen-bond donors (Lipinski definition) is 0. The highest BCUT2D eigenvalue weighted by molar-refractivity contribution is 6.00. The van der Waals surface area contributed by atoms with E-state index in [1.807, 2.05) is 31.2 Å². The number of esters is 1. The maximum atomic E-state index is 12.5. The molecule has 0 heterocycles. The second-order valence-electron chi connectivity index (χ2n) is 7.34. The van der Waals surface area contributed by atoms with E-state index in [4.69, 9.17) is 4.74 Å². The fraction of sp³-hybridized carbons (Fsp3) is 0.440. The Morgan fingerprint density at radius 3 is 1.93 bits per heavy atom. The predicted molar refractivity (Wildman–Crippen MR) is 115 cm³/mol. The Balaban J connectivity index is 2.07. The van der Waals surface area contributed by atoms with Crippen LogP contribution in [0.25, 0.3) is 11.1 Å². The third kappa shape index (κ3) is 5.79. The van der Waals surface area contributed by atoms with Crippen molar-refractivity contribution in [2.24, 2.45) is 0 Å². The van der Waals surface area contributed by atoms with E-state index in [1.165, 1.54) is 18.4 Å². The number of carbonyl (C=O) groups excluding carboxylic acids is 2. The van der Waals surface area contributed by atoms with Crippen LogP contribution in [0.4, 0.5) is 0 Å². The predicted octanol–water partition coefficient (Wildman–Crippen LogP) is 6.56. The molecule has 0 radical (unpaired) electrons. The lowest BCUT2D eigenvalue weighted by molar-refractivity contribution is -0.146. The van der Waals surface area contributed by atoms with Crippen LogP contribution in [0.5, 0.6) is 0 Å². The van der Waals surface area contributed by atoms with Crippen molar-refractivity contribution in [2.75, 3.05) is 0 Å². The van der Waals surface area contributed by atoms with Gasteiger partial charge in [0.2, 0.25) is 5.78 Å². The molecule has 2 aromatic rings. The monoisotopic (exact) mass is 380 g/mol. The molecule has 2 rings (SSSR count). The standard InChI is InChI=1S/C25H32O3/c1-5-8-19(7-3)20-10-12-21(13-11-20)22-14-16-23(17-15-22)25(27)18(4)28-24(26)9-6-2/h10-19H,5-9H2,1-4H3. The summed E-state index contributed by atoms with van der Waals surface area (Å²) in [5, 5.41) is 0. The minimum Gasteiger partial charge on any atom is -0.454 e. The lowest BCUT2D eigenvalue weighted by Crippen LogP contribution is -2.24. The van der Waals surface area contributed by atoms with Crippen LogP contribution >= 0.6 is 0 Å². The molecule has 3 heteroatoms. The Kier molecular flexibility index (Phi) is 8.43. The van der Waals surface area contributed by atoms with Crippen LogP contribution in [0.2, 0.25) is 0 Å². The molecule has 0 N–H and O–H groups in total. The third-order valence-corrected chi connectivity index (χ3v) is 5.15. The number of benzene rings is 2. The van der Waals surface area contributed by atoms with E-state index < -0.39 is 6.10 Å². The van der Waals surface area contributed by atoms with E-state index in [0.29, 0.717) is 24.3 Å². The SMILES string of the molecule is CCCC(=O)OC(C)C(=O)c1ccc(-c2ccc(C(CC)CCC)cc2)cc1. The number of carbonyl (C=O) groups is 2. The van der Waals surface area contributed by atoms with Crippen molar-refractivity contribution in [3.63, 3.8) is 0 Å². The highest BCUT2D eigenvalue weighted by atomic mass is 16.5. The first-order chi connectivity index (χ1) is 13.5. The largest absolute Gasteiger partial charge is 0.454 e. The highest BCUT2D eigenvalue weighted by Crippen LogP contribution is 2.28. The molecular formula is C25H32O3. The Hall–Kier alpha value is -2.42. The summed E-state index contributed by atoms with van der Waals surface area (Å²) in [6, 6.07) is 16.3. The molecule has 0 spiro atoms. The quantitative estimate of drug-likeness (QED) is 0.346. The van der Waals surface area contributed by atoms with E-state index in [1.54, 1.807) is 6.92 Å². The topological polar surface area (TPSA) is 43.4 Å². The number of hydrogen-bond acceptors (Lipinski definition) is 3. The lowest BCUT2D eigenvalue weighted by atomic mass is 9.90. The Bertz CT molecular complexity index is 759. The van der Waals surface area contributed by atoms with Crippen molar-refractivity contribution in [1.82, 2.24) is 0 Å². The fourth-order valence-electron chi connectivity index (χ4n) is 3.48. The molecular weight excluding hydrogens is 348 g/mol. The number of ketones is 1. The molecule has 0 bridgehead atoms. The van der Waals surface area contributed by atoms with E-state index in [9.17, 15) is 9.59 Å². The van der Waals surface area contributed by atoms with Crippen molar-refractivity contribution >= 4 is 11.8 Å². The van der Waals surface area contributed by atoms with Gasteiger partial charge in [0.25, 0.3) is 0 Å². The van der Waals surface area contributed by atoms with Gasteiger partial charge in [-0.2, -0.15) is 0 Å². The summed E-state index contributed by atoms with van der Waals surface area (Å²) in [4.78, 5) is 24.1. The molecule has 0 saturated carbocycles. The Labute approximate surface area is 169 Å². The van der Waals surface area contributed by atoms with Crippen molar-refractivity contribution in [1.29, 1.82) is 0 Å². The molecule has 0 aromatic heterocycles. The maximum Gasteiger partial charge on any atom is 0.306 e. The van der Waals surface area contributed by atoms with Gasteiger partial charge in [0.05, 0.1) is 0 Å². The summed E-state index contributed by atoms with van der Waals surface area (Å²) in [6.45, 7) is 8.00. The molecule has 2 aromatic carbocycles. The molecule has 3 nitrogen and oxygen atoms in total. The molecule has 0 aliphatic rings. The summed E-state index contributed by atoms with van der Waals surface area (Å²) < 4.78 is 5.20. The average Bonchev–Trinajstić information content (AvgIpc) is 2.72. The van der Waals surface area contributed by atoms with E-state index in [0.717, 1.165) is 17.5 Å². The summed E-state index contributed by atoms with van der Waals surface area (Å²) in [5.41, 5.74) is 4.16. The molecule has 0 amide bonds. The molecule has 0 aliphatic heterocycles. The first kappa shape index (κ1) is 21.9. The summed E-state index contributed by atoms with van der Waals surface area (Å²) in [6.07, 6.45) is 3.86. The molecule has 150 valence electrons. The summed E-state index contributed by atoms with van der Waals surface area (Å²) in [7, 11) is 0. The van der Waals surface area contributed by atoms with Crippen LogP contribution in [0.1, 0.15) is 81.6 Å². The number of ether oxygens (including phenoxy) is 1. The molecule has 2 atom stereocenters. The van der Waals surface area contributed by atoms with Gasteiger partial charge in [-0.15, -0.1) is 0 Å². The number of Topliss-reactive ketones (excluding diaryl/α,β-unsaturated/α-hetero) is 1. The second-order valence-corrected chi connectivity index (χ2v) is 7.34. The van der Waals surface area contributed by atoms with Gasteiger partial charge in [-0.3, -0.25) is 9.59 Å². The zero-order valence-corrected chi connectivity index (χ0v) is 17.5. The van der Waals surface area contributed by atoms with Crippen LogP contribution in [0, 0.1) is 0 Å². The van der Waals surface area contributed by atoms with Gasteiger partial charge < -0.3 is 4.74 Å². The Morgan fingerprint density at radius 1 is 0.857 bits per heavy atom. The maximum absolute atomic E-state index is 12.5. The molecule has 0 saturated heterocycles. The average molecular weight is 381 g/mol. The summed E-state index contributed by atoms with van der Waals surface area (Å²) in [5.74, 6) is 0.126. The minimum absolute atomic E-state index is 0.170. The third-order valence-electron chi connectivity index (χ3n) is 5.15. The van der Waals surface area contributed by atoms with Gasteiger partial charge in [-0.05, 0) is 48.8 Å². The van der Waals surface area contributed by atoms with E-state index in [-0.39, 0.29) is 11.8 Å². The van der Waals surface area contributed by atoms with Crippen molar-refractivity contribution in [3.8, 4) is 11.1 Å². The normalized spacial score (nSPS) is 13.0. The molecule has 2 unspecified atom stereocenters. The minimum atomic E-state index is -0.756. The van der Waals surface area contributed by atoms with Crippen LogP contribution in [0.15, 0.2) is 48.5 Å². The fourth-order valence-corrected chi connectivity index (χ4v) is 3.48. The zero-order valence-electron chi connectivity index (χ0n) is 17.5. The smallest absolute Gasteiger partial charge is 0.306 e. The zero-order chi connectivity index (χ0) is 20.5. The van der Waals surface area contributed by atoms with Gasteiger partial charge in [0.1, 0.15) is 0 Å². The van der Waals surface area contributed by atoms with Crippen molar-refractivity contribution < 1.29 is 14.3 Å². The summed E-state index contributed by atoms with van der Waals surface area (Å²) >= 11 is 0. The van der Waals surface area contributed by atoms with Gasteiger partial charge in [-0.1, -0.05) is 75.7 Å². The lowest BCUT2D eigenvalue weighted by Gasteiger charge is -2.15. The molecule has 0 fully saturated rings. The highest BCUT2D eigenvalue weighted by Gasteiger charge is 2.19. The Morgan fingerprint density at radius 2 is 1.43 bits per heavy atom. The molecule has 0 aliphatic carbocycles. The molecule has 28 heavy (non-hydrogen) atoms. The second kappa shape index (κ2) is 10.8. The van der Waals surface area contributed by atoms with Crippen molar-refractivity contribution in [3.05, 3.63) is 59.7 Å². The van der Waals surface area contributed by atoms with Gasteiger partial charge >= 0.3 is 5.97 Å². The van der Waals surface area contributed by atoms with Crippen LogP contribution in [-0.2, 0) is 9.53 Å². The first-order valence-electron chi connectivity index (χ1n) is 10.4.